The molecule has 1 fully saturated rings. The molecule has 0 aromatic carbocycles. The topological polar surface area (TPSA) is 49.3 Å². The minimum Gasteiger partial charge on any atom is -0.380 e. The smallest absolute Gasteiger partial charge is 0.143 e. The van der Waals surface area contributed by atoms with E-state index in [0.29, 0.717) is 6.04 Å². The van der Waals surface area contributed by atoms with Crippen LogP contribution in [0.4, 0.5) is 5.00 Å². The monoisotopic (exact) mass is 290 g/mol. The third kappa shape index (κ3) is 3.55. The average Bonchev–Trinajstić information content (AvgIpc) is 2.85. The summed E-state index contributed by atoms with van der Waals surface area (Å²) >= 11 is 1.56. The molecule has 1 aliphatic rings. The Morgan fingerprint density at radius 1 is 1.45 bits per heavy atom. The average molecular weight is 290 g/mol. The molecular formula is C15H22N4S. The van der Waals surface area contributed by atoms with Gasteiger partial charge in [0.2, 0.25) is 0 Å². The molecule has 1 aliphatic heterocycles. The van der Waals surface area contributed by atoms with Gasteiger partial charge in [0.05, 0.1) is 5.70 Å². The van der Waals surface area contributed by atoms with Crippen molar-refractivity contribution in [3.8, 4) is 0 Å². The highest BCUT2D eigenvalue weighted by molar-refractivity contribution is 7.16. The summed E-state index contributed by atoms with van der Waals surface area (Å²) in [5.74, 6) is 0. The van der Waals surface area contributed by atoms with Crippen LogP contribution in [0.25, 0.3) is 11.3 Å². The van der Waals surface area contributed by atoms with Crippen molar-refractivity contribution in [3.05, 3.63) is 23.9 Å². The number of piperidine rings is 1. The number of nitrogens with zero attached hydrogens (tertiary/aromatic N) is 2. The van der Waals surface area contributed by atoms with Crippen LogP contribution in [0.5, 0.6) is 0 Å². The SMILES string of the molecule is C=C(NC1CCNCC1)c1nc(C(=C)C)c(N=CC)s1. The molecular weight excluding hydrogens is 268 g/mol. The summed E-state index contributed by atoms with van der Waals surface area (Å²) in [5, 5.41) is 8.66. The van der Waals surface area contributed by atoms with Gasteiger partial charge in [-0.15, -0.1) is 0 Å². The van der Waals surface area contributed by atoms with Gasteiger partial charge < -0.3 is 10.6 Å². The fourth-order valence-corrected chi connectivity index (χ4v) is 3.18. The number of hydrogen-bond donors (Lipinski definition) is 2. The highest BCUT2D eigenvalue weighted by Crippen LogP contribution is 2.34. The molecule has 0 spiro atoms. The number of nitrogens with one attached hydrogen (secondary N) is 2. The van der Waals surface area contributed by atoms with Crippen molar-refractivity contribution >= 4 is 33.8 Å². The quantitative estimate of drug-likeness (QED) is 0.819. The summed E-state index contributed by atoms with van der Waals surface area (Å²) in [4.78, 5) is 8.99. The summed E-state index contributed by atoms with van der Waals surface area (Å²) in [7, 11) is 0. The highest BCUT2D eigenvalue weighted by atomic mass is 32.1. The van der Waals surface area contributed by atoms with Gasteiger partial charge in [-0.25, -0.2) is 9.98 Å². The van der Waals surface area contributed by atoms with Gasteiger partial charge in [0.1, 0.15) is 15.7 Å². The summed E-state index contributed by atoms with van der Waals surface area (Å²) in [6, 6.07) is 0.485. The van der Waals surface area contributed by atoms with Crippen LogP contribution in [-0.2, 0) is 0 Å². The second-order valence-electron chi connectivity index (χ2n) is 4.99. The van der Waals surface area contributed by atoms with Crippen molar-refractivity contribution < 1.29 is 0 Å². The first kappa shape index (κ1) is 14.9. The maximum absolute atomic E-state index is 4.62. The molecule has 0 amide bonds. The van der Waals surface area contributed by atoms with E-state index in [1.54, 1.807) is 17.6 Å². The van der Waals surface area contributed by atoms with Gasteiger partial charge in [0.25, 0.3) is 0 Å². The van der Waals surface area contributed by atoms with Crippen LogP contribution in [0.15, 0.2) is 18.2 Å². The Morgan fingerprint density at radius 3 is 2.75 bits per heavy atom. The maximum atomic E-state index is 4.62. The Kier molecular flexibility index (Phi) is 5.09. The van der Waals surface area contributed by atoms with Crippen molar-refractivity contribution in [2.45, 2.75) is 32.7 Å². The number of aromatic nitrogens is 1. The Hall–Kier alpha value is -1.46. The molecule has 2 N–H and O–H groups in total. The van der Waals surface area contributed by atoms with E-state index in [0.717, 1.165) is 52.9 Å². The fourth-order valence-electron chi connectivity index (χ4n) is 2.20. The summed E-state index contributed by atoms with van der Waals surface area (Å²) in [6.45, 7) is 14.1. The molecule has 0 atom stereocenters. The van der Waals surface area contributed by atoms with E-state index in [1.807, 2.05) is 13.8 Å². The van der Waals surface area contributed by atoms with Crippen LogP contribution in [0.1, 0.15) is 37.4 Å². The molecule has 0 radical (unpaired) electrons. The predicted molar refractivity (Wildman–Crippen MR) is 88.7 cm³/mol. The molecule has 1 aromatic heterocycles. The lowest BCUT2D eigenvalue weighted by atomic mass is 10.1. The van der Waals surface area contributed by atoms with E-state index in [-0.39, 0.29) is 0 Å². The van der Waals surface area contributed by atoms with Gasteiger partial charge in [0, 0.05) is 12.3 Å². The second kappa shape index (κ2) is 6.81. The highest BCUT2D eigenvalue weighted by Gasteiger charge is 2.17. The Bertz CT molecular complexity index is 524. The van der Waals surface area contributed by atoms with E-state index in [2.05, 4.69) is 33.8 Å². The number of aliphatic imine (C=N–C) groups is 1. The molecule has 0 bridgehead atoms. The lowest BCUT2D eigenvalue weighted by molar-refractivity contribution is 0.425. The first-order chi connectivity index (χ1) is 9.61. The van der Waals surface area contributed by atoms with E-state index in [9.17, 15) is 0 Å². The van der Waals surface area contributed by atoms with Crippen molar-refractivity contribution in [1.82, 2.24) is 15.6 Å². The number of allylic oxidation sites excluding steroid dienone is 1. The van der Waals surface area contributed by atoms with E-state index in [1.165, 1.54) is 0 Å². The third-order valence-electron chi connectivity index (χ3n) is 3.24. The second-order valence-corrected chi connectivity index (χ2v) is 5.97. The maximum Gasteiger partial charge on any atom is 0.143 e. The first-order valence-corrected chi connectivity index (χ1v) is 7.75. The van der Waals surface area contributed by atoms with Crippen LogP contribution in [0.2, 0.25) is 0 Å². The molecule has 0 saturated carbocycles. The van der Waals surface area contributed by atoms with Crippen LogP contribution < -0.4 is 10.6 Å². The van der Waals surface area contributed by atoms with Gasteiger partial charge in [-0.05, 0) is 45.4 Å². The van der Waals surface area contributed by atoms with Crippen LogP contribution in [-0.4, -0.2) is 30.3 Å². The van der Waals surface area contributed by atoms with Crippen molar-refractivity contribution in [2.75, 3.05) is 13.1 Å². The molecule has 0 aliphatic carbocycles. The summed E-state index contributed by atoms with van der Waals surface area (Å²) < 4.78 is 0. The lowest BCUT2D eigenvalue weighted by Crippen LogP contribution is -2.38. The van der Waals surface area contributed by atoms with Gasteiger partial charge in [-0.2, -0.15) is 0 Å². The standard InChI is InChI=1S/C15H22N4S/c1-5-17-15-13(10(2)3)19-14(20-15)11(4)18-12-6-8-16-9-7-12/h5,12,16,18H,2,4,6-9H2,1,3H3. The number of thiazole rings is 1. The molecule has 4 nitrogen and oxygen atoms in total. The van der Waals surface area contributed by atoms with E-state index in [4.69, 9.17) is 0 Å². The van der Waals surface area contributed by atoms with Crippen LogP contribution >= 0.6 is 11.3 Å². The Morgan fingerprint density at radius 2 is 2.15 bits per heavy atom. The van der Waals surface area contributed by atoms with Crippen LogP contribution in [0, 0.1) is 0 Å². The summed E-state index contributed by atoms with van der Waals surface area (Å²) in [6.07, 6.45) is 4.03. The zero-order valence-electron chi connectivity index (χ0n) is 12.2. The molecule has 1 saturated heterocycles. The predicted octanol–water partition coefficient (Wildman–Crippen LogP) is 3.21. The van der Waals surface area contributed by atoms with E-state index >= 15 is 0 Å². The molecule has 2 rings (SSSR count). The van der Waals surface area contributed by atoms with Crippen LogP contribution in [0.3, 0.4) is 0 Å². The lowest BCUT2D eigenvalue weighted by Gasteiger charge is -2.24. The fraction of sp³-hybridized carbons (Fsp3) is 0.467. The molecule has 0 unspecified atom stereocenters. The van der Waals surface area contributed by atoms with Crippen molar-refractivity contribution in [3.63, 3.8) is 0 Å². The zero-order valence-corrected chi connectivity index (χ0v) is 13.0. The first-order valence-electron chi connectivity index (χ1n) is 6.93. The minimum absolute atomic E-state index is 0.485. The minimum atomic E-state index is 0.485. The molecule has 5 heteroatoms. The third-order valence-corrected chi connectivity index (χ3v) is 4.26. The Balaban J connectivity index is 2.13. The largest absolute Gasteiger partial charge is 0.380 e. The summed E-state index contributed by atoms with van der Waals surface area (Å²) in [5.41, 5.74) is 2.70. The molecule has 2 heterocycles. The number of hydrogen-bond acceptors (Lipinski definition) is 5. The number of rotatable bonds is 5. The normalized spacial score (nSPS) is 16.5. The van der Waals surface area contributed by atoms with Gasteiger partial charge in [0.15, 0.2) is 0 Å². The van der Waals surface area contributed by atoms with E-state index < -0.39 is 0 Å². The molecule has 20 heavy (non-hydrogen) atoms. The van der Waals surface area contributed by atoms with Crippen molar-refractivity contribution in [1.29, 1.82) is 0 Å². The molecule has 108 valence electrons. The Labute approximate surface area is 124 Å². The van der Waals surface area contributed by atoms with Gasteiger partial charge in [-0.1, -0.05) is 24.5 Å². The van der Waals surface area contributed by atoms with Gasteiger partial charge >= 0.3 is 0 Å². The zero-order chi connectivity index (χ0) is 14.5. The molecule has 1 aromatic rings. The van der Waals surface area contributed by atoms with Gasteiger partial charge in [-0.3, -0.25) is 0 Å². The van der Waals surface area contributed by atoms with Crippen molar-refractivity contribution in [2.24, 2.45) is 4.99 Å².